The Balaban J connectivity index is 2.66. The van der Waals surface area contributed by atoms with Gasteiger partial charge in [-0.3, -0.25) is 10.1 Å². The first kappa shape index (κ1) is 16.9. The number of hydrogen-bond acceptors (Lipinski definition) is 5. The smallest absolute Gasteiger partial charge is 0.326 e. The highest BCUT2D eigenvalue weighted by Gasteiger charge is 2.23. The Hall–Kier alpha value is -2.16. The van der Waals surface area contributed by atoms with E-state index in [9.17, 15) is 14.4 Å². The number of carbonyl (C=O) groups excluding carboxylic acids is 2. The minimum absolute atomic E-state index is 0.150. The van der Waals surface area contributed by atoms with Gasteiger partial charge in [-0.2, -0.15) is 0 Å². The summed E-state index contributed by atoms with van der Waals surface area (Å²) in [6.45, 7) is 5.96. The SMILES string of the molecule is CC(C)(C)c1csc(NC(=O)N[C@H](CC(N)=O)C(=O)O)n1. The van der Waals surface area contributed by atoms with Gasteiger partial charge in [-0.1, -0.05) is 20.8 Å². The molecule has 116 valence electrons. The Kier molecular flexibility index (Phi) is 5.25. The van der Waals surface area contributed by atoms with Gasteiger partial charge in [0.1, 0.15) is 6.04 Å². The average molecular weight is 314 g/mol. The summed E-state index contributed by atoms with van der Waals surface area (Å²) in [6, 6.07) is -2.12. The van der Waals surface area contributed by atoms with Crippen LogP contribution < -0.4 is 16.4 Å². The Bertz CT molecular complexity index is 550. The molecular weight excluding hydrogens is 296 g/mol. The summed E-state index contributed by atoms with van der Waals surface area (Å²) in [4.78, 5) is 37.6. The number of carboxylic acid groups (broad SMARTS) is 1. The van der Waals surface area contributed by atoms with Crippen molar-refractivity contribution < 1.29 is 19.5 Å². The standard InChI is InChI=1S/C12H18N4O4S/c1-12(2,3)7-5-21-11(15-7)16-10(20)14-6(9(18)19)4-8(13)17/h5-6H,4H2,1-3H3,(H2,13,17)(H,18,19)(H2,14,15,16,20)/t6-/m1/s1. The topological polar surface area (TPSA) is 134 Å². The van der Waals surface area contributed by atoms with E-state index >= 15 is 0 Å². The molecular formula is C12H18N4O4S. The number of nitrogens with two attached hydrogens (primary N) is 1. The molecule has 5 N–H and O–H groups in total. The van der Waals surface area contributed by atoms with Crippen molar-refractivity contribution in [2.45, 2.75) is 38.6 Å². The first-order chi connectivity index (χ1) is 9.59. The highest BCUT2D eigenvalue weighted by atomic mass is 32.1. The van der Waals surface area contributed by atoms with Gasteiger partial charge < -0.3 is 16.2 Å². The number of anilines is 1. The van der Waals surface area contributed by atoms with Crippen molar-refractivity contribution in [3.8, 4) is 0 Å². The lowest BCUT2D eigenvalue weighted by atomic mass is 9.93. The van der Waals surface area contributed by atoms with Crippen molar-refractivity contribution in [2.75, 3.05) is 5.32 Å². The summed E-state index contributed by atoms with van der Waals surface area (Å²) in [7, 11) is 0. The molecule has 0 saturated heterocycles. The number of aromatic nitrogens is 1. The van der Waals surface area contributed by atoms with Crippen LogP contribution in [-0.4, -0.2) is 34.0 Å². The summed E-state index contributed by atoms with van der Waals surface area (Å²) in [6.07, 6.45) is -0.478. The molecule has 0 bridgehead atoms. The molecule has 1 aromatic heterocycles. The van der Waals surface area contributed by atoms with Crippen molar-refractivity contribution in [3.05, 3.63) is 11.1 Å². The van der Waals surface area contributed by atoms with Gasteiger partial charge in [-0.05, 0) is 0 Å². The van der Waals surface area contributed by atoms with Crippen LogP contribution in [0.2, 0.25) is 0 Å². The number of carbonyl (C=O) groups is 3. The van der Waals surface area contributed by atoms with Gasteiger partial charge in [-0.15, -0.1) is 11.3 Å². The van der Waals surface area contributed by atoms with Gasteiger partial charge in [-0.25, -0.2) is 14.6 Å². The summed E-state index contributed by atoms with van der Waals surface area (Å²) >= 11 is 1.23. The van der Waals surface area contributed by atoms with Crippen LogP contribution in [0.3, 0.4) is 0 Å². The third-order valence-corrected chi connectivity index (χ3v) is 3.26. The van der Waals surface area contributed by atoms with E-state index in [0.717, 1.165) is 5.69 Å². The molecule has 1 aromatic rings. The predicted octanol–water partition coefficient (Wildman–Crippen LogP) is 0.891. The number of rotatable bonds is 5. The van der Waals surface area contributed by atoms with Crippen LogP contribution in [-0.2, 0) is 15.0 Å². The molecule has 0 aliphatic carbocycles. The highest BCUT2D eigenvalue weighted by Crippen LogP contribution is 2.26. The molecule has 0 saturated carbocycles. The average Bonchev–Trinajstić information content (AvgIpc) is 2.75. The van der Waals surface area contributed by atoms with Gasteiger partial charge in [0.05, 0.1) is 12.1 Å². The molecule has 0 aliphatic heterocycles. The number of urea groups is 1. The number of hydrogen-bond donors (Lipinski definition) is 4. The molecule has 1 rings (SSSR count). The Morgan fingerprint density at radius 1 is 1.43 bits per heavy atom. The van der Waals surface area contributed by atoms with Gasteiger partial charge in [0.25, 0.3) is 0 Å². The maximum absolute atomic E-state index is 11.7. The van der Waals surface area contributed by atoms with Crippen LogP contribution >= 0.6 is 11.3 Å². The van der Waals surface area contributed by atoms with E-state index in [1.165, 1.54) is 11.3 Å². The van der Waals surface area contributed by atoms with E-state index in [-0.39, 0.29) is 5.41 Å². The molecule has 21 heavy (non-hydrogen) atoms. The summed E-state index contributed by atoms with van der Waals surface area (Å²) in [5, 5.41) is 15.6. The van der Waals surface area contributed by atoms with Gasteiger partial charge >= 0.3 is 12.0 Å². The Morgan fingerprint density at radius 3 is 2.48 bits per heavy atom. The van der Waals surface area contributed by atoms with Crippen molar-refractivity contribution in [2.24, 2.45) is 5.73 Å². The Labute approximate surface area is 125 Å². The van der Waals surface area contributed by atoms with E-state index in [1.807, 2.05) is 26.2 Å². The van der Waals surface area contributed by atoms with E-state index in [2.05, 4.69) is 15.6 Å². The van der Waals surface area contributed by atoms with Crippen LogP contribution in [0.4, 0.5) is 9.93 Å². The zero-order valence-electron chi connectivity index (χ0n) is 12.0. The van der Waals surface area contributed by atoms with Crippen LogP contribution in [0.15, 0.2) is 5.38 Å². The largest absolute Gasteiger partial charge is 0.480 e. The fourth-order valence-corrected chi connectivity index (χ4v) is 2.30. The molecule has 1 atom stereocenters. The van der Waals surface area contributed by atoms with Crippen molar-refractivity contribution in [1.82, 2.24) is 10.3 Å². The molecule has 0 unspecified atom stereocenters. The minimum atomic E-state index is -1.37. The van der Waals surface area contributed by atoms with Gasteiger partial charge in [0.2, 0.25) is 5.91 Å². The number of primary amides is 1. The van der Waals surface area contributed by atoms with Gasteiger partial charge in [0, 0.05) is 10.8 Å². The second-order valence-corrected chi connectivity index (χ2v) is 6.31. The lowest BCUT2D eigenvalue weighted by molar-refractivity contribution is -0.140. The summed E-state index contributed by atoms with van der Waals surface area (Å²) in [5.74, 6) is -2.15. The second kappa shape index (κ2) is 6.53. The molecule has 0 fully saturated rings. The van der Waals surface area contributed by atoms with Crippen LogP contribution in [0.5, 0.6) is 0 Å². The monoisotopic (exact) mass is 314 g/mol. The second-order valence-electron chi connectivity index (χ2n) is 5.45. The van der Waals surface area contributed by atoms with Gasteiger partial charge in [0.15, 0.2) is 5.13 Å². The number of amides is 3. The maximum atomic E-state index is 11.7. The predicted molar refractivity (Wildman–Crippen MR) is 78.2 cm³/mol. The summed E-state index contributed by atoms with van der Waals surface area (Å²) < 4.78 is 0. The highest BCUT2D eigenvalue weighted by molar-refractivity contribution is 7.13. The number of nitrogens with one attached hydrogen (secondary N) is 2. The Morgan fingerprint density at radius 2 is 2.05 bits per heavy atom. The zero-order chi connectivity index (χ0) is 16.2. The number of aliphatic carboxylic acids is 1. The first-order valence-electron chi connectivity index (χ1n) is 6.14. The van der Waals surface area contributed by atoms with Crippen LogP contribution in [0.25, 0.3) is 0 Å². The quantitative estimate of drug-likeness (QED) is 0.640. The molecule has 0 spiro atoms. The van der Waals surface area contributed by atoms with E-state index in [4.69, 9.17) is 10.8 Å². The lowest BCUT2D eigenvalue weighted by Crippen LogP contribution is -2.45. The number of nitrogens with zero attached hydrogens (tertiary/aromatic N) is 1. The third kappa shape index (κ3) is 5.38. The van der Waals surface area contributed by atoms with Crippen LogP contribution in [0, 0.1) is 0 Å². The van der Waals surface area contributed by atoms with Crippen LogP contribution in [0.1, 0.15) is 32.9 Å². The van der Waals surface area contributed by atoms with E-state index in [0.29, 0.717) is 5.13 Å². The maximum Gasteiger partial charge on any atom is 0.326 e. The molecule has 1 heterocycles. The van der Waals surface area contributed by atoms with Crippen molar-refractivity contribution in [1.29, 1.82) is 0 Å². The van der Waals surface area contributed by atoms with E-state index < -0.39 is 30.4 Å². The minimum Gasteiger partial charge on any atom is -0.480 e. The van der Waals surface area contributed by atoms with Crippen molar-refractivity contribution >= 4 is 34.4 Å². The summed E-state index contributed by atoms with van der Waals surface area (Å²) in [5.41, 5.74) is 5.59. The normalized spacial score (nSPS) is 12.5. The van der Waals surface area contributed by atoms with Crippen molar-refractivity contribution in [3.63, 3.8) is 0 Å². The third-order valence-electron chi connectivity index (χ3n) is 2.50. The fourth-order valence-electron chi connectivity index (χ4n) is 1.37. The number of carboxylic acids is 1. The molecule has 0 aliphatic rings. The lowest BCUT2D eigenvalue weighted by Gasteiger charge is -2.14. The molecule has 8 nitrogen and oxygen atoms in total. The molecule has 3 amide bonds. The molecule has 9 heteroatoms. The number of thiazole rings is 1. The first-order valence-corrected chi connectivity index (χ1v) is 7.02. The molecule has 0 radical (unpaired) electrons. The zero-order valence-corrected chi connectivity index (χ0v) is 12.8. The molecule has 0 aromatic carbocycles. The fraction of sp³-hybridized carbons (Fsp3) is 0.500. The van der Waals surface area contributed by atoms with E-state index in [1.54, 1.807) is 0 Å².